The van der Waals surface area contributed by atoms with Crippen molar-refractivity contribution in [1.82, 2.24) is 23.9 Å². The summed E-state index contributed by atoms with van der Waals surface area (Å²) in [6.45, 7) is 0. The lowest BCUT2D eigenvalue weighted by Gasteiger charge is -2.12. The molecule has 0 atom stereocenters. The minimum Gasteiger partial charge on any atom is -0.309 e. The summed E-state index contributed by atoms with van der Waals surface area (Å²) >= 11 is 0. The van der Waals surface area contributed by atoms with E-state index < -0.39 is 0 Å². The molecule has 0 saturated carbocycles. The molecule has 5 heteroatoms. The molecule has 6 aromatic carbocycles. The molecule has 11 aromatic rings. The van der Waals surface area contributed by atoms with Gasteiger partial charge in [0.05, 0.1) is 39.0 Å². The molecule has 0 aliphatic carbocycles. The van der Waals surface area contributed by atoms with E-state index in [1.54, 1.807) is 6.20 Å². The lowest BCUT2D eigenvalue weighted by Crippen LogP contribution is -1.98. The average Bonchev–Trinajstić information content (AvgIpc) is 3.80. The van der Waals surface area contributed by atoms with Crippen LogP contribution in [-0.2, 0) is 0 Å². The third-order valence-electron chi connectivity index (χ3n) is 9.91. The van der Waals surface area contributed by atoms with Crippen molar-refractivity contribution in [1.29, 1.82) is 0 Å². The van der Waals surface area contributed by atoms with E-state index in [-0.39, 0.29) is 0 Å². The van der Waals surface area contributed by atoms with Gasteiger partial charge in [0, 0.05) is 55.3 Å². The lowest BCUT2D eigenvalue weighted by atomic mass is 10.0. The molecule has 0 aliphatic heterocycles. The summed E-state index contributed by atoms with van der Waals surface area (Å²) in [6.07, 6.45) is 1.77. The minimum atomic E-state index is 0.643. The van der Waals surface area contributed by atoms with Gasteiger partial charge in [-0.2, -0.15) is 0 Å². The average molecular weight is 612 g/mol. The number of nitrogens with zero attached hydrogens (tertiary/aromatic N) is 5. The quantitative estimate of drug-likeness (QED) is 0.200. The largest absolute Gasteiger partial charge is 0.309 e. The van der Waals surface area contributed by atoms with Gasteiger partial charge in [0.25, 0.3) is 0 Å². The Balaban J connectivity index is 1.16. The highest BCUT2D eigenvalue weighted by Crippen LogP contribution is 2.45. The molecule has 0 saturated heterocycles. The molecule has 0 aliphatic rings. The maximum absolute atomic E-state index is 5.07. The summed E-state index contributed by atoms with van der Waals surface area (Å²) in [4.78, 5) is 14.5. The number of hydrogen-bond acceptors (Lipinski definition) is 3. The summed E-state index contributed by atoms with van der Waals surface area (Å²) in [6, 6.07) is 51.7. The molecule has 5 heterocycles. The number of aromatic nitrogens is 5. The zero-order valence-corrected chi connectivity index (χ0v) is 25.7. The van der Waals surface area contributed by atoms with Crippen molar-refractivity contribution in [3.8, 4) is 28.2 Å². The van der Waals surface area contributed by atoms with E-state index in [2.05, 4.69) is 129 Å². The van der Waals surface area contributed by atoms with Crippen LogP contribution in [0, 0.1) is 0 Å². The van der Waals surface area contributed by atoms with Crippen molar-refractivity contribution in [3.63, 3.8) is 0 Å². The molecule has 11 rings (SSSR count). The molecule has 0 spiro atoms. The highest BCUT2D eigenvalue weighted by Gasteiger charge is 2.22. The van der Waals surface area contributed by atoms with Crippen molar-refractivity contribution in [3.05, 3.63) is 152 Å². The van der Waals surface area contributed by atoms with Crippen LogP contribution in [0.4, 0.5) is 0 Å². The van der Waals surface area contributed by atoms with Crippen molar-refractivity contribution >= 4 is 71.1 Å². The van der Waals surface area contributed by atoms with E-state index in [1.807, 2.05) is 30.3 Å². The van der Waals surface area contributed by atoms with Gasteiger partial charge in [0.1, 0.15) is 5.52 Å². The number of pyridine rings is 1. The molecular formula is C43H25N5. The summed E-state index contributed by atoms with van der Waals surface area (Å²) in [5, 5.41) is 7.73. The summed E-state index contributed by atoms with van der Waals surface area (Å²) in [5.74, 6) is 0. The highest BCUT2D eigenvalue weighted by atomic mass is 15.0. The normalized spacial score (nSPS) is 12.2. The predicted molar refractivity (Wildman–Crippen MR) is 197 cm³/mol. The van der Waals surface area contributed by atoms with E-state index >= 15 is 0 Å². The zero-order valence-electron chi connectivity index (χ0n) is 25.7. The first-order chi connectivity index (χ1) is 23.8. The van der Waals surface area contributed by atoms with Gasteiger partial charge in [-0.15, -0.1) is 0 Å². The number of benzene rings is 6. The topological polar surface area (TPSA) is 48.0 Å². The predicted octanol–water partition coefficient (Wildman–Crippen LogP) is 10.6. The molecule has 5 aromatic heterocycles. The Hall–Kier alpha value is -6.59. The number of para-hydroxylation sites is 3. The Kier molecular flexibility index (Phi) is 5.05. The molecule has 0 unspecified atom stereocenters. The Morgan fingerprint density at radius 2 is 1.08 bits per heavy atom. The van der Waals surface area contributed by atoms with Crippen LogP contribution in [0.5, 0.6) is 0 Å². The standard InChI is InChI=1S/C43H25N5/c1-2-10-26(11-3-1)41-40(45-33-16-9-25-44-43(33)46-41)27-19-21-28(22-20-27)47-35-18-7-5-13-31(35)38-36(47)23-24-37-39(38)32-15-8-14-30-29-12-4-6-17-34(29)48(37)42(30)32/h1-25H. The van der Waals surface area contributed by atoms with Gasteiger partial charge < -0.3 is 8.97 Å². The Bertz CT molecular complexity index is 3040. The van der Waals surface area contributed by atoms with Crippen molar-refractivity contribution in [2.75, 3.05) is 0 Å². The second-order valence-electron chi connectivity index (χ2n) is 12.4. The van der Waals surface area contributed by atoms with Crippen molar-refractivity contribution in [2.24, 2.45) is 0 Å². The summed E-state index contributed by atoms with van der Waals surface area (Å²) in [5.41, 5.74) is 12.4. The maximum Gasteiger partial charge on any atom is 0.178 e. The Morgan fingerprint density at radius 3 is 1.96 bits per heavy atom. The lowest BCUT2D eigenvalue weighted by molar-refractivity contribution is 1.18. The van der Waals surface area contributed by atoms with Gasteiger partial charge in [0.2, 0.25) is 0 Å². The van der Waals surface area contributed by atoms with Gasteiger partial charge in [0.15, 0.2) is 5.65 Å². The minimum absolute atomic E-state index is 0.643. The van der Waals surface area contributed by atoms with E-state index in [1.165, 1.54) is 59.9 Å². The molecule has 222 valence electrons. The fraction of sp³-hybridized carbons (Fsp3) is 0. The third kappa shape index (κ3) is 3.37. The number of hydrogen-bond donors (Lipinski definition) is 0. The Morgan fingerprint density at radius 1 is 0.417 bits per heavy atom. The first kappa shape index (κ1) is 25.6. The molecule has 0 bridgehead atoms. The van der Waals surface area contributed by atoms with Crippen LogP contribution in [0.3, 0.4) is 0 Å². The maximum atomic E-state index is 5.07. The monoisotopic (exact) mass is 611 g/mol. The second kappa shape index (κ2) is 9.47. The van der Waals surface area contributed by atoms with Crippen LogP contribution in [0.1, 0.15) is 0 Å². The summed E-state index contributed by atoms with van der Waals surface area (Å²) < 4.78 is 4.86. The van der Waals surface area contributed by atoms with Crippen molar-refractivity contribution < 1.29 is 0 Å². The fourth-order valence-electron chi connectivity index (χ4n) is 7.92. The van der Waals surface area contributed by atoms with Gasteiger partial charge >= 0.3 is 0 Å². The smallest absolute Gasteiger partial charge is 0.178 e. The molecule has 5 nitrogen and oxygen atoms in total. The van der Waals surface area contributed by atoms with E-state index in [9.17, 15) is 0 Å². The third-order valence-corrected chi connectivity index (χ3v) is 9.91. The van der Waals surface area contributed by atoms with E-state index in [0.717, 1.165) is 33.7 Å². The van der Waals surface area contributed by atoms with Crippen LogP contribution in [0.25, 0.3) is 99.3 Å². The van der Waals surface area contributed by atoms with Crippen molar-refractivity contribution in [2.45, 2.75) is 0 Å². The van der Waals surface area contributed by atoms with Gasteiger partial charge in [-0.25, -0.2) is 15.0 Å². The van der Waals surface area contributed by atoms with Gasteiger partial charge in [-0.1, -0.05) is 97.1 Å². The van der Waals surface area contributed by atoms with E-state index in [0.29, 0.717) is 5.65 Å². The number of fused-ring (bicyclic) bond motifs is 11. The van der Waals surface area contributed by atoms with Crippen LogP contribution >= 0.6 is 0 Å². The first-order valence-electron chi connectivity index (χ1n) is 16.2. The molecule has 0 fully saturated rings. The molecule has 0 amide bonds. The Labute approximate surface area is 274 Å². The van der Waals surface area contributed by atoms with Crippen LogP contribution in [0.15, 0.2) is 152 Å². The molecular weight excluding hydrogens is 587 g/mol. The van der Waals surface area contributed by atoms with Crippen LogP contribution in [-0.4, -0.2) is 23.9 Å². The molecule has 0 radical (unpaired) electrons. The van der Waals surface area contributed by atoms with Gasteiger partial charge in [-0.05, 0) is 48.5 Å². The zero-order chi connectivity index (χ0) is 31.3. The highest BCUT2D eigenvalue weighted by molar-refractivity contribution is 6.32. The number of rotatable bonds is 3. The fourth-order valence-corrected chi connectivity index (χ4v) is 7.92. The van der Waals surface area contributed by atoms with E-state index in [4.69, 9.17) is 9.97 Å². The van der Waals surface area contributed by atoms with Crippen LogP contribution < -0.4 is 0 Å². The molecule has 48 heavy (non-hydrogen) atoms. The second-order valence-corrected chi connectivity index (χ2v) is 12.4. The first-order valence-corrected chi connectivity index (χ1v) is 16.2. The SMILES string of the molecule is c1ccc(-c2nc3ncccc3nc2-c2ccc(-n3c4ccccc4c4c5c6cccc7c8ccccc8n(c5ccc43)c76)cc2)cc1. The summed E-state index contributed by atoms with van der Waals surface area (Å²) in [7, 11) is 0. The molecule has 0 N–H and O–H groups in total. The van der Waals surface area contributed by atoms with Crippen LogP contribution in [0.2, 0.25) is 0 Å². The van der Waals surface area contributed by atoms with Gasteiger partial charge in [-0.3, -0.25) is 0 Å².